The predicted octanol–water partition coefficient (Wildman–Crippen LogP) is 2.69. The van der Waals surface area contributed by atoms with Crippen LogP contribution in [0.1, 0.15) is 41.6 Å². The number of amides is 2. The molecule has 0 radical (unpaired) electrons. The Hall–Kier alpha value is -2.83. The van der Waals surface area contributed by atoms with Crippen LogP contribution in [0.3, 0.4) is 0 Å². The van der Waals surface area contributed by atoms with Gasteiger partial charge in [0.1, 0.15) is 11.3 Å². The molecule has 0 saturated carbocycles. The lowest BCUT2D eigenvalue weighted by Gasteiger charge is -2.18. The summed E-state index contributed by atoms with van der Waals surface area (Å²) in [5, 5.41) is 9.37. The maximum absolute atomic E-state index is 12.5. The van der Waals surface area contributed by atoms with Crippen molar-refractivity contribution in [2.75, 3.05) is 17.2 Å². The second-order valence-corrected chi connectivity index (χ2v) is 5.66. The highest BCUT2D eigenvalue weighted by atomic mass is 16.5. The first kappa shape index (κ1) is 15.1. The molecule has 1 aliphatic rings. The van der Waals surface area contributed by atoms with E-state index in [9.17, 15) is 9.59 Å². The zero-order valence-corrected chi connectivity index (χ0v) is 13.1. The molecule has 1 aromatic heterocycles. The van der Waals surface area contributed by atoms with E-state index in [1.54, 1.807) is 25.1 Å². The fraction of sp³-hybridized carbons (Fsp3) is 0.312. The molecular formula is C16H17N3O4. The Morgan fingerprint density at radius 3 is 2.91 bits per heavy atom. The molecule has 1 aromatic carbocycles. The number of carbonyl (C=O) groups is 2. The number of rotatable bonds is 3. The van der Waals surface area contributed by atoms with Crippen molar-refractivity contribution in [1.29, 1.82) is 0 Å². The Labute approximate surface area is 133 Å². The molecule has 7 nitrogen and oxygen atoms in total. The van der Waals surface area contributed by atoms with Crippen LogP contribution in [0.2, 0.25) is 0 Å². The van der Waals surface area contributed by atoms with Crippen LogP contribution < -0.4 is 15.4 Å². The Morgan fingerprint density at radius 1 is 1.39 bits per heavy atom. The van der Waals surface area contributed by atoms with E-state index >= 15 is 0 Å². The SMILES string of the molecule is Cc1noc(C(C)C)c1C(=O)Nc1ccc2c(c1)NC(=O)CO2. The molecule has 120 valence electrons. The van der Waals surface area contributed by atoms with Crippen LogP contribution in [0, 0.1) is 6.92 Å². The van der Waals surface area contributed by atoms with Crippen molar-refractivity contribution in [3.8, 4) is 5.75 Å². The molecule has 0 atom stereocenters. The van der Waals surface area contributed by atoms with Crippen LogP contribution in [0.25, 0.3) is 0 Å². The molecule has 23 heavy (non-hydrogen) atoms. The van der Waals surface area contributed by atoms with Crippen molar-refractivity contribution in [2.24, 2.45) is 0 Å². The smallest absolute Gasteiger partial charge is 0.262 e. The zero-order chi connectivity index (χ0) is 16.6. The number of hydrogen-bond acceptors (Lipinski definition) is 5. The number of aromatic nitrogens is 1. The summed E-state index contributed by atoms with van der Waals surface area (Å²) in [4.78, 5) is 23.9. The third kappa shape index (κ3) is 2.90. The molecule has 2 amide bonds. The minimum atomic E-state index is -0.296. The monoisotopic (exact) mass is 315 g/mol. The number of fused-ring (bicyclic) bond motifs is 1. The Balaban J connectivity index is 1.85. The van der Waals surface area contributed by atoms with Gasteiger partial charge in [0.15, 0.2) is 12.4 Å². The average Bonchev–Trinajstić information content (AvgIpc) is 2.89. The first-order valence-electron chi connectivity index (χ1n) is 7.30. The fourth-order valence-corrected chi connectivity index (χ4v) is 2.41. The van der Waals surface area contributed by atoms with E-state index in [-0.39, 0.29) is 24.3 Å². The second-order valence-electron chi connectivity index (χ2n) is 5.66. The van der Waals surface area contributed by atoms with Gasteiger partial charge in [-0.25, -0.2) is 0 Å². The van der Waals surface area contributed by atoms with Crippen LogP contribution in [-0.4, -0.2) is 23.6 Å². The van der Waals surface area contributed by atoms with Gasteiger partial charge in [0.2, 0.25) is 0 Å². The molecule has 1 aliphatic heterocycles. The van der Waals surface area contributed by atoms with Crippen LogP contribution in [0.5, 0.6) is 5.75 Å². The predicted molar refractivity (Wildman–Crippen MR) is 83.8 cm³/mol. The molecule has 3 rings (SSSR count). The third-order valence-electron chi connectivity index (χ3n) is 3.51. The maximum atomic E-state index is 12.5. The standard InChI is InChI=1S/C16H17N3O4/c1-8(2)15-14(9(3)19-23-15)16(21)17-10-4-5-12-11(6-10)18-13(20)7-22-12/h4-6,8H,7H2,1-3H3,(H,17,21)(H,18,20). The number of benzene rings is 1. The van der Waals surface area contributed by atoms with Gasteiger partial charge in [-0.05, 0) is 25.1 Å². The molecule has 0 spiro atoms. The number of nitrogens with zero attached hydrogens (tertiary/aromatic N) is 1. The normalized spacial score (nSPS) is 13.3. The van der Waals surface area contributed by atoms with Crippen LogP contribution in [-0.2, 0) is 4.79 Å². The summed E-state index contributed by atoms with van der Waals surface area (Å²) >= 11 is 0. The quantitative estimate of drug-likeness (QED) is 0.908. The van der Waals surface area contributed by atoms with E-state index in [0.717, 1.165) is 0 Å². The number of ether oxygens (including phenoxy) is 1. The Bertz CT molecular complexity index is 780. The Kier molecular flexibility index (Phi) is 3.77. The molecule has 2 heterocycles. The summed E-state index contributed by atoms with van der Waals surface area (Å²) in [6, 6.07) is 5.07. The van der Waals surface area contributed by atoms with E-state index < -0.39 is 0 Å². The van der Waals surface area contributed by atoms with Crippen molar-refractivity contribution >= 4 is 23.2 Å². The summed E-state index contributed by atoms with van der Waals surface area (Å²) < 4.78 is 10.5. The molecule has 7 heteroatoms. The molecule has 0 fully saturated rings. The summed E-state index contributed by atoms with van der Waals surface area (Å²) in [6.07, 6.45) is 0. The van der Waals surface area contributed by atoms with E-state index in [1.807, 2.05) is 13.8 Å². The van der Waals surface area contributed by atoms with Crippen molar-refractivity contribution in [3.05, 3.63) is 35.2 Å². The first-order valence-corrected chi connectivity index (χ1v) is 7.30. The Morgan fingerprint density at radius 2 is 2.17 bits per heavy atom. The van der Waals surface area contributed by atoms with E-state index in [4.69, 9.17) is 9.26 Å². The topological polar surface area (TPSA) is 93.5 Å². The van der Waals surface area contributed by atoms with E-state index in [1.165, 1.54) is 0 Å². The minimum absolute atomic E-state index is 0.00363. The maximum Gasteiger partial charge on any atom is 0.262 e. The summed E-state index contributed by atoms with van der Waals surface area (Å²) in [7, 11) is 0. The van der Waals surface area contributed by atoms with Crippen molar-refractivity contribution in [3.63, 3.8) is 0 Å². The second kappa shape index (κ2) is 5.75. The van der Waals surface area contributed by atoms with Crippen LogP contribution in [0.15, 0.2) is 22.7 Å². The van der Waals surface area contributed by atoms with Gasteiger partial charge < -0.3 is 19.9 Å². The number of anilines is 2. The van der Waals surface area contributed by atoms with Crippen LogP contribution >= 0.6 is 0 Å². The van der Waals surface area contributed by atoms with Gasteiger partial charge in [-0.2, -0.15) is 0 Å². The largest absolute Gasteiger partial charge is 0.482 e. The van der Waals surface area contributed by atoms with Gasteiger partial charge >= 0.3 is 0 Å². The third-order valence-corrected chi connectivity index (χ3v) is 3.51. The van der Waals surface area contributed by atoms with Gasteiger partial charge in [-0.3, -0.25) is 9.59 Å². The van der Waals surface area contributed by atoms with Gasteiger partial charge in [-0.1, -0.05) is 19.0 Å². The van der Waals surface area contributed by atoms with E-state index in [2.05, 4.69) is 15.8 Å². The molecule has 2 N–H and O–H groups in total. The molecular weight excluding hydrogens is 298 g/mol. The lowest BCUT2D eigenvalue weighted by Crippen LogP contribution is -2.25. The van der Waals surface area contributed by atoms with E-state index in [0.29, 0.717) is 34.1 Å². The van der Waals surface area contributed by atoms with Gasteiger partial charge in [0.05, 0.1) is 11.4 Å². The van der Waals surface area contributed by atoms with Crippen molar-refractivity contribution < 1.29 is 18.8 Å². The van der Waals surface area contributed by atoms with Gasteiger partial charge in [0.25, 0.3) is 11.8 Å². The molecule has 0 bridgehead atoms. The van der Waals surface area contributed by atoms with Gasteiger partial charge in [-0.15, -0.1) is 0 Å². The fourth-order valence-electron chi connectivity index (χ4n) is 2.41. The van der Waals surface area contributed by atoms with Crippen molar-refractivity contribution in [1.82, 2.24) is 5.16 Å². The summed E-state index contributed by atoms with van der Waals surface area (Å²) in [5.74, 6) is 0.655. The van der Waals surface area contributed by atoms with Gasteiger partial charge in [0, 0.05) is 11.6 Å². The first-order chi connectivity index (χ1) is 11.0. The summed E-state index contributed by atoms with van der Waals surface area (Å²) in [6.45, 7) is 5.59. The van der Waals surface area contributed by atoms with Crippen LogP contribution in [0.4, 0.5) is 11.4 Å². The molecule has 0 aliphatic carbocycles. The highest BCUT2D eigenvalue weighted by molar-refractivity contribution is 6.06. The number of nitrogens with one attached hydrogen (secondary N) is 2. The average molecular weight is 315 g/mol. The lowest BCUT2D eigenvalue weighted by molar-refractivity contribution is -0.118. The highest BCUT2D eigenvalue weighted by Crippen LogP contribution is 2.31. The minimum Gasteiger partial charge on any atom is -0.482 e. The molecule has 2 aromatic rings. The lowest BCUT2D eigenvalue weighted by atomic mass is 10.0. The number of carbonyl (C=O) groups excluding carboxylic acids is 2. The molecule has 0 saturated heterocycles. The summed E-state index contributed by atoms with van der Waals surface area (Å²) in [5.41, 5.74) is 2.07. The highest BCUT2D eigenvalue weighted by Gasteiger charge is 2.23. The number of aryl methyl sites for hydroxylation is 1. The number of hydrogen-bond donors (Lipinski definition) is 2. The zero-order valence-electron chi connectivity index (χ0n) is 13.1. The van der Waals surface area contributed by atoms with Crippen molar-refractivity contribution in [2.45, 2.75) is 26.7 Å². The molecule has 0 unspecified atom stereocenters.